The van der Waals surface area contributed by atoms with Gasteiger partial charge in [-0.25, -0.2) is 0 Å². The lowest BCUT2D eigenvalue weighted by Gasteiger charge is -2.23. The van der Waals surface area contributed by atoms with Crippen molar-refractivity contribution in [3.8, 4) is 0 Å². The Morgan fingerprint density at radius 1 is 0.591 bits per heavy atom. The second kappa shape index (κ2) is 13.5. The smallest absolute Gasteiger partial charge is 0.259 e. The van der Waals surface area contributed by atoms with Crippen molar-refractivity contribution in [3.63, 3.8) is 0 Å². The van der Waals surface area contributed by atoms with Crippen molar-refractivity contribution in [2.75, 3.05) is 0 Å². The number of hydrogen-bond acceptors (Lipinski definition) is 6. The molecule has 0 saturated carbocycles. The fraction of sp³-hybridized carbons (Fsp3) is 0.333. The van der Waals surface area contributed by atoms with Crippen LogP contribution in [0.5, 0.6) is 0 Å². The van der Waals surface area contributed by atoms with Crippen LogP contribution in [0.2, 0.25) is 0 Å². The molecule has 6 rings (SSSR count). The first-order chi connectivity index (χ1) is 21.2. The number of nitrogens with two attached hydrogens (primary N) is 2. The van der Waals surface area contributed by atoms with Crippen LogP contribution in [0, 0.1) is 0 Å². The van der Waals surface area contributed by atoms with Crippen LogP contribution in [-0.4, -0.2) is 29.3 Å². The molecular weight excluding hydrogens is 552 g/mol. The predicted molar refractivity (Wildman–Crippen MR) is 174 cm³/mol. The maximum absolute atomic E-state index is 12.3. The van der Waals surface area contributed by atoms with Crippen LogP contribution in [0.3, 0.4) is 0 Å². The van der Waals surface area contributed by atoms with Gasteiger partial charge in [0.25, 0.3) is 23.6 Å². The maximum atomic E-state index is 12.3. The summed E-state index contributed by atoms with van der Waals surface area (Å²) in [7, 11) is 0. The van der Waals surface area contributed by atoms with Crippen LogP contribution in [0.1, 0.15) is 112 Å². The van der Waals surface area contributed by atoms with Gasteiger partial charge in [-0.2, -0.15) is 0 Å². The summed E-state index contributed by atoms with van der Waals surface area (Å²) in [5.74, 6) is -1.14. The second-order valence-corrected chi connectivity index (χ2v) is 11.9. The minimum absolute atomic E-state index is 0.259. The lowest BCUT2D eigenvalue weighted by atomic mass is 9.92. The quantitative estimate of drug-likeness (QED) is 0.0936. The average Bonchev–Trinajstić information content (AvgIpc) is 3.48. The van der Waals surface area contributed by atoms with Gasteiger partial charge in [0, 0.05) is 0 Å². The summed E-state index contributed by atoms with van der Waals surface area (Å²) in [5, 5.41) is 8.44. The fourth-order valence-electron chi connectivity index (χ4n) is 6.33. The van der Waals surface area contributed by atoms with Crippen LogP contribution in [-0.2, 0) is 6.42 Å². The molecule has 0 aliphatic carbocycles. The highest BCUT2D eigenvalue weighted by Gasteiger charge is 2.31. The Bertz CT molecular complexity index is 1740. The van der Waals surface area contributed by atoms with Gasteiger partial charge >= 0.3 is 0 Å². The Labute approximate surface area is 257 Å². The number of nitrogens with one attached hydrogen (secondary N) is 2. The van der Waals surface area contributed by atoms with E-state index in [-0.39, 0.29) is 23.6 Å². The van der Waals surface area contributed by atoms with Crippen molar-refractivity contribution in [1.29, 1.82) is 0 Å². The molecule has 0 atom stereocenters. The molecule has 6 N–H and O–H groups in total. The summed E-state index contributed by atoms with van der Waals surface area (Å²) in [6.45, 7) is 2.11. The second-order valence-electron chi connectivity index (χ2n) is 11.9. The molecule has 2 aliphatic rings. The van der Waals surface area contributed by atoms with Crippen molar-refractivity contribution in [2.45, 2.75) is 76.8 Å². The van der Waals surface area contributed by atoms with Gasteiger partial charge in [-0.15, -0.1) is 0 Å². The van der Waals surface area contributed by atoms with E-state index in [0.29, 0.717) is 22.3 Å². The molecule has 2 heterocycles. The van der Waals surface area contributed by atoms with Crippen LogP contribution < -0.4 is 22.1 Å². The Morgan fingerprint density at radius 2 is 1.16 bits per heavy atom. The van der Waals surface area contributed by atoms with E-state index < -0.39 is 5.66 Å². The molecule has 0 unspecified atom stereocenters. The van der Waals surface area contributed by atoms with E-state index in [4.69, 9.17) is 11.5 Å². The van der Waals surface area contributed by atoms with E-state index in [1.54, 1.807) is 6.07 Å². The molecule has 0 fully saturated rings. The molecule has 44 heavy (non-hydrogen) atoms. The van der Waals surface area contributed by atoms with E-state index in [0.717, 1.165) is 84.9 Å². The molecule has 4 amide bonds. The van der Waals surface area contributed by atoms with Gasteiger partial charge in [0.2, 0.25) is 0 Å². The van der Waals surface area contributed by atoms with Gasteiger partial charge in [0.1, 0.15) is 0 Å². The summed E-state index contributed by atoms with van der Waals surface area (Å²) in [5.41, 5.74) is 14.7. The predicted octanol–water partition coefficient (Wildman–Crippen LogP) is 6.13. The third kappa shape index (κ3) is 6.72. The molecule has 0 aromatic heterocycles. The molecule has 4 aromatic carbocycles. The Balaban J connectivity index is 0.000000212. The molecule has 8 nitrogen and oxygen atoms in total. The topological polar surface area (TPSA) is 144 Å². The molecule has 228 valence electrons. The molecule has 0 saturated heterocycles. The SMILES string of the molecule is CCCC(N)(N)CCCCCCCCc1cc2ccccc2c2c1C(=O)NC2=O.O=C1NC(=O)c2c1ccc1ccccc21. The first kappa shape index (κ1) is 31.0. The number of carbonyl (C=O) groups excluding carboxylic acids is 4. The van der Waals surface area contributed by atoms with Crippen LogP contribution in [0.4, 0.5) is 0 Å². The number of fused-ring (bicyclic) bond motifs is 6. The fourth-order valence-corrected chi connectivity index (χ4v) is 6.33. The third-order valence-corrected chi connectivity index (χ3v) is 8.49. The van der Waals surface area contributed by atoms with Gasteiger partial charge in [-0.1, -0.05) is 106 Å². The van der Waals surface area contributed by atoms with Crippen molar-refractivity contribution < 1.29 is 19.2 Å². The van der Waals surface area contributed by atoms with Crippen molar-refractivity contribution in [2.24, 2.45) is 11.5 Å². The Morgan fingerprint density at radius 3 is 1.89 bits per heavy atom. The third-order valence-electron chi connectivity index (χ3n) is 8.49. The average molecular weight is 593 g/mol. The standard InChI is InChI=1S/C24H33N3O2.C12H7NO2/c1-2-14-24(25,26)15-10-6-4-3-5-7-12-18-16-17-11-8-9-13-19(17)21-20(18)22(28)27-23(21)29;14-11-9-6-5-7-3-1-2-4-8(7)10(9)12(15)13-11/h8-9,11,13,16H,2-7,10,12,14-15,25-26H2,1H3,(H,27,28,29);1-6H,(H,13,14,15). The lowest BCUT2D eigenvalue weighted by Crippen LogP contribution is -2.48. The van der Waals surface area contributed by atoms with Crippen molar-refractivity contribution >= 4 is 45.2 Å². The van der Waals surface area contributed by atoms with E-state index in [2.05, 4.69) is 23.6 Å². The van der Waals surface area contributed by atoms with Crippen molar-refractivity contribution in [1.82, 2.24) is 10.6 Å². The number of rotatable bonds is 11. The molecule has 0 spiro atoms. The number of aryl methyl sites for hydroxylation is 1. The summed E-state index contributed by atoms with van der Waals surface area (Å²) in [6.07, 6.45) is 10.3. The summed E-state index contributed by atoms with van der Waals surface area (Å²) in [4.78, 5) is 47.5. The summed E-state index contributed by atoms with van der Waals surface area (Å²) in [6, 6.07) is 20.9. The summed E-state index contributed by atoms with van der Waals surface area (Å²) < 4.78 is 0. The zero-order chi connectivity index (χ0) is 31.3. The first-order valence-corrected chi connectivity index (χ1v) is 15.6. The van der Waals surface area contributed by atoms with E-state index in [9.17, 15) is 19.2 Å². The van der Waals surface area contributed by atoms with Gasteiger partial charge in [-0.05, 0) is 58.9 Å². The maximum Gasteiger partial charge on any atom is 0.259 e. The minimum atomic E-state index is -0.511. The normalized spacial score (nSPS) is 13.9. The van der Waals surface area contributed by atoms with Crippen molar-refractivity contribution in [3.05, 3.63) is 94.5 Å². The zero-order valence-corrected chi connectivity index (χ0v) is 25.2. The number of hydrogen-bond donors (Lipinski definition) is 4. The monoisotopic (exact) mass is 592 g/mol. The molecule has 4 aromatic rings. The first-order valence-electron chi connectivity index (χ1n) is 15.6. The highest BCUT2D eigenvalue weighted by atomic mass is 16.2. The Hall–Kier alpha value is -4.40. The molecule has 0 radical (unpaired) electrons. The molecular formula is C36H40N4O4. The highest BCUT2D eigenvalue weighted by Crippen LogP contribution is 2.31. The number of amides is 4. The number of imide groups is 2. The van der Waals surface area contributed by atoms with E-state index >= 15 is 0 Å². The molecule has 2 aliphatic heterocycles. The number of benzene rings is 4. The molecule has 8 heteroatoms. The van der Waals surface area contributed by atoms with Crippen LogP contribution in [0.15, 0.2) is 66.7 Å². The Kier molecular flexibility index (Phi) is 9.52. The summed E-state index contributed by atoms with van der Waals surface area (Å²) >= 11 is 0. The van der Waals surface area contributed by atoms with Crippen LogP contribution >= 0.6 is 0 Å². The van der Waals surface area contributed by atoms with Gasteiger partial charge in [-0.3, -0.25) is 29.8 Å². The van der Waals surface area contributed by atoms with E-state index in [1.807, 2.05) is 54.6 Å². The zero-order valence-electron chi connectivity index (χ0n) is 25.2. The lowest BCUT2D eigenvalue weighted by molar-refractivity contribution is 0.0863. The molecule has 0 bridgehead atoms. The van der Waals surface area contributed by atoms with Crippen LogP contribution in [0.25, 0.3) is 21.5 Å². The largest absolute Gasteiger partial charge is 0.313 e. The van der Waals surface area contributed by atoms with Gasteiger partial charge in [0.05, 0.1) is 27.9 Å². The highest BCUT2D eigenvalue weighted by molar-refractivity contribution is 6.27. The van der Waals surface area contributed by atoms with E-state index in [1.165, 1.54) is 6.42 Å². The van der Waals surface area contributed by atoms with Gasteiger partial charge < -0.3 is 11.5 Å². The minimum Gasteiger partial charge on any atom is -0.313 e. The number of unbranched alkanes of at least 4 members (excludes halogenated alkanes) is 5. The number of carbonyl (C=O) groups is 4. The van der Waals surface area contributed by atoms with Gasteiger partial charge in [0.15, 0.2) is 0 Å².